The number of hydrogen-bond acceptors (Lipinski definition) is 3. The van der Waals surface area contributed by atoms with E-state index in [0.717, 1.165) is 0 Å². The summed E-state index contributed by atoms with van der Waals surface area (Å²) in [7, 11) is 1.48. The molecular formula is C6H6Cl3NO2S. The number of rotatable bonds is 2. The van der Waals surface area contributed by atoms with Crippen molar-refractivity contribution < 1.29 is 8.42 Å². The zero-order valence-electron chi connectivity index (χ0n) is 6.28. The number of hydrogen-bond donors (Lipinski definition) is 0. The Hall–Kier alpha value is -0.0300. The van der Waals surface area contributed by atoms with Crippen LogP contribution in [0.4, 0.5) is 0 Å². The number of aromatic nitrogens is 1. The highest BCUT2D eigenvalue weighted by atomic mass is 35.7. The minimum absolute atomic E-state index is 0. The molecule has 0 radical (unpaired) electrons. The Morgan fingerprint density at radius 1 is 1.38 bits per heavy atom. The molecule has 1 aromatic heterocycles. The van der Waals surface area contributed by atoms with E-state index < -0.39 is 9.05 Å². The second-order valence-electron chi connectivity index (χ2n) is 2.15. The van der Waals surface area contributed by atoms with Gasteiger partial charge in [0.15, 0.2) is 0 Å². The van der Waals surface area contributed by atoms with Crippen molar-refractivity contribution in [2.75, 3.05) is 0 Å². The molecule has 0 saturated heterocycles. The summed E-state index contributed by atoms with van der Waals surface area (Å²) in [5.74, 6) is -0.272. The molecule has 1 aromatic rings. The molecule has 0 unspecified atom stereocenters. The summed E-state index contributed by atoms with van der Waals surface area (Å²) in [6, 6.07) is 3.08. The Kier molecular flexibility index (Phi) is 4.99. The van der Waals surface area contributed by atoms with Crippen LogP contribution in [0.15, 0.2) is 18.3 Å². The van der Waals surface area contributed by atoms with Gasteiger partial charge in [-0.15, -0.1) is 12.4 Å². The van der Waals surface area contributed by atoms with Gasteiger partial charge in [-0.25, -0.2) is 8.42 Å². The summed E-state index contributed by atoms with van der Waals surface area (Å²) >= 11 is 5.54. The van der Waals surface area contributed by atoms with Gasteiger partial charge >= 0.3 is 0 Å². The predicted molar refractivity (Wildman–Crippen MR) is 55.0 cm³/mol. The predicted octanol–water partition coefficient (Wildman–Crippen LogP) is 2.23. The lowest BCUT2D eigenvalue weighted by molar-refractivity contribution is 0.608. The summed E-state index contributed by atoms with van der Waals surface area (Å²) in [6.45, 7) is 0. The number of pyridine rings is 1. The third kappa shape index (κ3) is 5.31. The molecule has 0 spiro atoms. The van der Waals surface area contributed by atoms with Crippen molar-refractivity contribution in [3.63, 3.8) is 0 Å². The second-order valence-corrected chi connectivity index (χ2v) is 5.36. The van der Waals surface area contributed by atoms with Crippen LogP contribution < -0.4 is 0 Å². The Morgan fingerprint density at radius 2 is 2.00 bits per heavy atom. The molecule has 3 nitrogen and oxygen atoms in total. The SMILES string of the molecule is Cl.O=S(=O)(Cl)Cc1ccc(Cl)cn1. The van der Waals surface area contributed by atoms with E-state index in [9.17, 15) is 8.42 Å². The van der Waals surface area contributed by atoms with E-state index in [1.54, 1.807) is 6.07 Å². The summed E-state index contributed by atoms with van der Waals surface area (Å²) in [5.41, 5.74) is 0.384. The Morgan fingerprint density at radius 3 is 2.38 bits per heavy atom. The average molecular weight is 263 g/mol. The molecule has 0 amide bonds. The third-order valence-corrected chi connectivity index (χ3v) is 2.30. The minimum Gasteiger partial charge on any atom is -0.259 e. The van der Waals surface area contributed by atoms with Gasteiger partial charge in [0.2, 0.25) is 9.05 Å². The van der Waals surface area contributed by atoms with E-state index in [1.165, 1.54) is 12.3 Å². The molecule has 1 heterocycles. The molecule has 0 aliphatic heterocycles. The van der Waals surface area contributed by atoms with Gasteiger partial charge in [-0.1, -0.05) is 11.6 Å². The van der Waals surface area contributed by atoms with Crippen LogP contribution in [0.2, 0.25) is 5.02 Å². The lowest BCUT2D eigenvalue weighted by Crippen LogP contribution is -1.96. The van der Waals surface area contributed by atoms with E-state index in [2.05, 4.69) is 4.98 Å². The van der Waals surface area contributed by atoms with Crippen LogP contribution in [0.5, 0.6) is 0 Å². The monoisotopic (exact) mass is 261 g/mol. The van der Waals surface area contributed by atoms with Crippen LogP contribution in [-0.2, 0) is 14.8 Å². The van der Waals surface area contributed by atoms with E-state index in [0.29, 0.717) is 10.7 Å². The molecule has 1 rings (SSSR count). The highest BCUT2D eigenvalue weighted by Crippen LogP contribution is 2.10. The quantitative estimate of drug-likeness (QED) is 0.768. The van der Waals surface area contributed by atoms with Crippen LogP contribution in [0.1, 0.15) is 5.69 Å². The molecule has 74 valence electrons. The van der Waals surface area contributed by atoms with Crippen LogP contribution >= 0.6 is 34.7 Å². The maximum Gasteiger partial charge on any atom is 0.238 e. The molecule has 0 bridgehead atoms. The Balaban J connectivity index is 0.00000144. The third-order valence-electron chi connectivity index (χ3n) is 1.11. The van der Waals surface area contributed by atoms with Crippen molar-refractivity contribution in [3.05, 3.63) is 29.0 Å². The van der Waals surface area contributed by atoms with Gasteiger partial charge in [0, 0.05) is 16.9 Å². The van der Waals surface area contributed by atoms with Gasteiger partial charge in [-0.2, -0.15) is 0 Å². The molecule has 13 heavy (non-hydrogen) atoms. The van der Waals surface area contributed by atoms with Crippen molar-refractivity contribution in [2.24, 2.45) is 0 Å². The van der Waals surface area contributed by atoms with Gasteiger partial charge in [0.1, 0.15) is 5.75 Å². The Labute approximate surface area is 91.9 Å². The van der Waals surface area contributed by atoms with Crippen LogP contribution in [0.3, 0.4) is 0 Å². The van der Waals surface area contributed by atoms with Gasteiger partial charge in [-0.3, -0.25) is 4.98 Å². The molecule has 0 aromatic carbocycles. The molecule has 0 fully saturated rings. The molecule has 0 aliphatic rings. The highest BCUT2D eigenvalue weighted by molar-refractivity contribution is 8.13. The molecule has 0 aliphatic carbocycles. The number of nitrogens with zero attached hydrogens (tertiary/aromatic N) is 1. The van der Waals surface area contributed by atoms with Crippen molar-refractivity contribution in [1.82, 2.24) is 4.98 Å². The van der Waals surface area contributed by atoms with E-state index >= 15 is 0 Å². The fourth-order valence-corrected chi connectivity index (χ4v) is 1.64. The van der Waals surface area contributed by atoms with E-state index in [-0.39, 0.29) is 18.2 Å². The van der Waals surface area contributed by atoms with Crippen LogP contribution in [-0.4, -0.2) is 13.4 Å². The first-order valence-corrected chi connectivity index (χ1v) is 5.86. The lowest BCUT2D eigenvalue weighted by atomic mass is 10.4. The normalized spacial score (nSPS) is 10.6. The molecule has 7 heteroatoms. The molecule has 0 saturated carbocycles. The summed E-state index contributed by atoms with van der Waals surface area (Å²) in [4.78, 5) is 3.77. The zero-order valence-corrected chi connectivity index (χ0v) is 9.42. The van der Waals surface area contributed by atoms with Crippen molar-refractivity contribution in [3.8, 4) is 0 Å². The molecule has 0 atom stereocenters. The first-order valence-electron chi connectivity index (χ1n) is 3.00. The maximum absolute atomic E-state index is 10.6. The summed E-state index contributed by atoms with van der Waals surface area (Å²) in [6.07, 6.45) is 1.37. The van der Waals surface area contributed by atoms with Gasteiger partial charge < -0.3 is 0 Å². The Bertz CT molecular complexity index is 362. The highest BCUT2D eigenvalue weighted by Gasteiger charge is 2.07. The van der Waals surface area contributed by atoms with Gasteiger partial charge in [0.05, 0.1) is 10.7 Å². The van der Waals surface area contributed by atoms with Crippen LogP contribution in [0, 0.1) is 0 Å². The standard InChI is InChI=1S/C6H5Cl2NO2S.ClH/c7-5-1-2-6(9-3-5)4-12(8,10)11;/h1-3H,4H2;1H. The summed E-state index contributed by atoms with van der Waals surface area (Å²) < 4.78 is 21.2. The second kappa shape index (κ2) is 5.00. The minimum atomic E-state index is -3.52. The van der Waals surface area contributed by atoms with Gasteiger partial charge in [-0.05, 0) is 12.1 Å². The lowest BCUT2D eigenvalue weighted by Gasteiger charge is -1.95. The molecular weight excluding hydrogens is 256 g/mol. The van der Waals surface area contributed by atoms with Gasteiger partial charge in [0.25, 0.3) is 0 Å². The van der Waals surface area contributed by atoms with Crippen molar-refractivity contribution >= 4 is 43.7 Å². The van der Waals surface area contributed by atoms with Crippen molar-refractivity contribution in [1.29, 1.82) is 0 Å². The topological polar surface area (TPSA) is 47.0 Å². The summed E-state index contributed by atoms with van der Waals surface area (Å²) in [5, 5.41) is 0.464. The van der Waals surface area contributed by atoms with Crippen LogP contribution in [0.25, 0.3) is 0 Å². The fraction of sp³-hybridized carbons (Fsp3) is 0.167. The molecule has 0 N–H and O–H groups in total. The zero-order chi connectivity index (χ0) is 9.19. The first kappa shape index (κ1) is 13.0. The van der Waals surface area contributed by atoms with Crippen molar-refractivity contribution in [2.45, 2.75) is 5.75 Å². The smallest absolute Gasteiger partial charge is 0.238 e. The number of halogens is 3. The maximum atomic E-state index is 10.6. The van der Waals surface area contributed by atoms with E-state index in [4.69, 9.17) is 22.3 Å². The fourth-order valence-electron chi connectivity index (χ4n) is 0.668. The first-order chi connectivity index (χ1) is 5.47. The average Bonchev–Trinajstić information content (AvgIpc) is 1.91. The largest absolute Gasteiger partial charge is 0.259 e. The van der Waals surface area contributed by atoms with E-state index in [1.807, 2.05) is 0 Å².